The summed E-state index contributed by atoms with van der Waals surface area (Å²) in [6.07, 6.45) is 0.299. The lowest BCUT2D eigenvalue weighted by atomic mass is 10.0. The van der Waals surface area contributed by atoms with Crippen molar-refractivity contribution in [2.45, 2.75) is 25.9 Å². The van der Waals surface area contributed by atoms with Gasteiger partial charge in [0.1, 0.15) is 5.56 Å². The number of rotatable bonds is 6. The lowest BCUT2D eigenvalue weighted by Crippen LogP contribution is -2.29. The van der Waals surface area contributed by atoms with Gasteiger partial charge in [0.05, 0.1) is 17.4 Å². The highest BCUT2D eigenvalue weighted by atomic mass is 16.6. The molecule has 0 fully saturated rings. The van der Waals surface area contributed by atoms with Crippen LogP contribution in [0.25, 0.3) is 0 Å². The SMILES string of the molecule is CC(CC#N)N(C)Cc1cccc([N+](=O)[O-])c1C(=O)O. The van der Waals surface area contributed by atoms with Crippen LogP contribution in [0.5, 0.6) is 0 Å². The molecule has 20 heavy (non-hydrogen) atoms. The first-order chi connectivity index (χ1) is 9.38. The van der Waals surface area contributed by atoms with Gasteiger partial charge < -0.3 is 5.11 Å². The normalized spacial score (nSPS) is 11.9. The van der Waals surface area contributed by atoms with Crippen molar-refractivity contribution in [2.75, 3.05) is 7.05 Å². The molecule has 1 rings (SSSR count). The van der Waals surface area contributed by atoms with Crippen molar-refractivity contribution in [3.63, 3.8) is 0 Å². The van der Waals surface area contributed by atoms with Crippen LogP contribution >= 0.6 is 0 Å². The van der Waals surface area contributed by atoms with Crippen LogP contribution in [0.3, 0.4) is 0 Å². The zero-order valence-corrected chi connectivity index (χ0v) is 11.2. The fraction of sp³-hybridized carbons (Fsp3) is 0.385. The minimum atomic E-state index is -1.33. The Bertz CT molecular complexity index is 565. The van der Waals surface area contributed by atoms with E-state index in [2.05, 4.69) is 0 Å². The molecule has 1 unspecified atom stereocenters. The van der Waals surface area contributed by atoms with Gasteiger partial charge in [-0.05, 0) is 19.5 Å². The van der Waals surface area contributed by atoms with Crippen LogP contribution in [0, 0.1) is 21.4 Å². The molecular formula is C13H15N3O4. The molecule has 0 bridgehead atoms. The van der Waals surface area contributed by atoms with E-state index in [4.69, 9.17) is 5.26 Å². The standard InChI is InChI=1S/C13H15N3O4/c1-9(6-7-14)15(2)8-10-4-3-5-11(16(19)20)12(10)13(17)18/h3-5,9H,6,8H2,1-2H3,(H,17,18). The number of hydrogen-bond donors (Lipinski definition) is 1. The third kappa shape index (κ3) is 3.52. The molecular weight excluding hydrogens is 262 g/mol. The Morgan fingerprint density at radius 1 is 1.60 bits per heavy atom. The highest BCUT2D eigenvalue weighted by molar-refractivity contribution is 5.94. The summed E-state index contributed by atoms with van der Waals surface area (Å²) in [7, 11) is 1.74. The second-order valence-corrected chi connectivity index (χ2v) is 4.50. The van der Waals surface area contributed by atoms with E-state index in [1.807, 2.05) is 13.0 Å². The van der Waals surface area contributed by atoms with E-state index in [9.17, 15) is 20.0 Å². The summed E-state index contributed by atoms with van der Waals surface area (Å²) in [5, 5.41) is 28.7. The van der Waals surface area contributed by atoms with Crippen LogP contribution in [-0.4, -0.2) is 34.0 Å². The van der Waals surface area contributed by atoms with E-state index in [-0.39, 0.29) is 18.2 Å². The number of carboxylic acids is 1. The van der Waals surface area contributed by atoms with Gasteiger partial charge in [0.15, 0.2) is 0 Å². The van der Waals surface area contributed by atoms with E-state index in [0.29, 0.717) is 12.0 Å². The van der Waals surface area contributed by atoms with E-state index in [1.165, 1.54) is 12.1 Å². The maximum atomic E-state index is 11.2. The quantitative estimate of drug-likeness (QED) is 0.629. The summed E-state index contributed by atoms with van der Waals surface area (Å²) < 4.78 is 0. The summed E-state index contributed by atoms with van der Waals surface area (Å²) in [6.45, 7) is 2.06. The van der Waals surface area contributed by atoms with Gasteiger partial charge in [-0.3, -0.25) is 15.0 Å². The smallest absolute Gasteiger partial charge is 0.343 e. The van der Waals surface area contributed by atoms with E-state index in [1.54, 1.807) is 18.0 Å². The first kappa shape index (κ1) is 15.6. The zero-order valence-electron chi connectivity index (χ0n) is 11.2. The predicted octanol–water partition coefficient (Wildman–Crippen LogP) is 2.03. The molecule has 0 aliphatic rings. The third-order valence-electron chi connectivity index (χ3n) is 3.10. The van der Waals surface area contributed by atoms with E-state index >= 15 is 0 Å². The number of benzene rings is 1. The second-order valence-electron chi connectivity index (χ2n) is 4.50. The lowest BCUT2D eigenvalue weighted by Gasteiger charge is -2.23. The Morgan fingerprint density at radius 2 is 2.25 bits per heavy atom. The van der Waals surface area contributed by atoms with Crippen LogP contribution < -0.4 is 0 Å². The van der Waals surface area contributed by atoms with Crippen molar-refractivity contribution in [1.29, 1.82) is 5.26 Å². The summed E-state index contributed by atoms with van der Waals surface area (Å²) in [6, 6.07) is 6.15. The van der Waals surface area contributed by atoms with Gasteiger partial charge >= 0.3 is 5.97 Å². The van der Waals surface area contributed by atoms with Crippen molar-refractivity contribution in [3.8, 4) is 6.07 Å². The molecule has 0 aliphatic carbocycles. The Morgan fingerprint density at radius 3 is 2.75 bits per heavy atom. The Labute approximate surface area is 116 Å². The number of nitro benzene ring substituents is 1. The lowest BCUT2D eigenvalue weighted by molar-refractivity contribution is -0.385. The molecule has 106 valence electrons. The number of hydrogen-bond acceptors (Lipinski definition) is 5. The second kappa shape index (κ2) is 6.63. The molecule has 0 saturated carbocycles. The van der Waals surface area contributed by atoms with E-state index < -0.39 is 16.6 Å². The molecule has 1 aromatic carbocycles. The number of nitriles is 1. The third-order valence-corrected chi connectivity index (χ3v) is 3.10. The van der Waals surface area contributed by atoms with Gasteiger partial charge in [0, 0.05) is 18.7 Å². The fourth-order valence-electron chi connectivity index (χ4n) is 1.83. The maximum Gasteiger partial charge on any atom is 0.343 e. The summed E-state index contributed by atoms with van der Waals surface area (Å²) in [5.74, 6) is -1.33. The summed E-state index contributed by atoms with van der Waals surface area (Å²) >= 11 is 0. The first-order valence-corrected chi connectivity index (χ1v) is 5.95. The number of carboxylic acid groups (broad SMARTS) is 1. The molecule has 1 N–H and O–H groups in total. The Balaban J connectivity index is 3.13. The molecule has 0 radical (unpaired) electrons. The Hall–Kier alpha value is -2.46. The average molecular weight is 277 g/mol. The van der Waals surface area contributed by atoms with Crippen LogP contribution in [0.1, 0.15) is 29.3 Å². The molecule has 7 heteroatoms. The highest BCUT2D eigenvalue weighted by Gasteiger charge is 2.24. The van der Waals surface area contributed by atoms with Crippen molar-refractivity contribution in [3.05, 3.63) is 39.4 Å². The Kier molecular flexibility index (Phi) is 5.17. The summed E-state index contributed by atoms with van der Waals surface area (Å²) in [4.78, 5) is 23.2. The largest absolute Gasteiger partial charge is 0.477 e. The molecule has 1 aromatic rings. The molecule has 0 aromatic heterocycles. The van der Waals surface area contributed by atoms with E-state index in [0.717, 1.165) is 0 Å². The average Bonchev–Trinajstić information content (AvgIpc) is 2.38. The first-order valence-electron chi connectivity index (χ1n) is 5.95. The van der Waals surface area contributed by atoms with Crippen molar-refractivity contribution in [2.24, 2.45) is 0 Å². The molecule has 0 saturated heterocycles. The van der Waals surface area contributed by atoms with Crippen molar-refractivity contribution < 1.29 is 14.8 Å². The van der Waals surface area contributed by atoms with Gasteiger partial charge in [0.25, 0.3) is 5.69 Å². The van der Waals surface area contributed by atoms with Crippen molar-refractivity contribution >= 4 is 11.7 Å². The zero-order chi connectivity index (χ0) is 15.3. The van der Waals surface area contributed by atoms with Gasteiger partial charge in [-0.15, -0.1) is 0 Å². The van der Waals surface area contributed by atoms with Crippen LogP contribution in [0.15, 0.2) is 18.2 Å². The number of nitro groups is 1. The highest BCUT2D eigenvalue weighted by Crippen LogP contribution is 2.24. The molecule has 1 atom stereocenters. The molecule has 0 spiro atoms. The van der Waals surface area contributed by atoms with Crippen LogP contribution in [0.2, 0.25) is 0 Å². The molecule has 0 amide bonds. The number of aromatic carboxylic acids is 1. The summed E-state index contributed by atoms with van der Waals surface area (Å²) in [5.41, 5.74) is -0.358. The van der Waals surface area contributed by atoms with Crippen LogP contribution in [0.4, 0.5) is 5.69 Å². The van der Waals surface area contributed by atoms with Gasteiger partial charge in [-0.2, -0.15) is 5.26 Å². The topological polar surface area (TPSA) is 107 Å². The fourth-order valence-corrected chi connectivity index (χ4v) is 1.83. The molecule has 7 nitrogen and oxygen atoms in total. The molecule has 0 aliphatic heterocycles. The molecule has 0 heterocycles. The monoisotopic (exact) mass is 277 g/mol. The van der Waals surface area contributed by atoms with Gasteiger partial charge in [0.2, 0.25) is 0 Å². The minimum Gasteiger partial charge on any atom is -0.477 e. The van der Waals surface area contributed by atoms with Crippen molar-refractivity contribution in [1.82, 2.24) is 4.90 Å². The van der Waals surface area contributed by atoms with Crippen LogP contribution in [-0.2, 0) is 6.54 Å². The van der Waals surface area contributed by atoms with Gasteiger partial charge in [-0.1, -0.05) is 12.1 Å². The minimum absolute atomic E-state index is 0.0686. The number of nitrogens with zero attached hydrogens (tertiary/aromatic N) is 3. The number of carbonyl (C=O) groups is 1. The maximum absolute atomic E-state index is 11.2. The van der Waals surface area contributed by atoms with Gasteiger partial charge in [-0.25, -0.2) is 4.79 Å². The predicted molar refractivity (Wildman–Crippen MR) is 71.2 cm³/mol.